The third kappa shape index (κ3) is 4.82. The summed E-state index contributed by atoms with van der Waals surface area (Å²) in [5, 5.41) is 0. The summed E-state index contributed by atoms with van der Waals surface area (Å²) in [6.45, 7) is 1.18. The van der Waals surface area contributed by atoms with Gasteiger partial charge in [-0.05, 0) is 42.0 Å². The van der Waals surface area contributed by atoms with Gasteiger partial charge < -0.3 is 4.74 Å². The largest absolute Gasteiger partial charge is 0.493 e. The van der Waals surface area contributed by atoms with Gasteiger partial charge in [0.15, 0.2) is 0 Å². The first-order chi connectivity index (χ1) is 11.6. The lowest BCUT2D eigenvalue weighted by Gasteiger charge is -2.08. The Hall–Kier alpha value is -1.85. The van der Waals surface area contributed by atoms with Crippen molar-refractivity contribution in [2.75, 3.05) is 18.9 Å². The molecule has 0 spiro atoms. The minimum absolute atomic E-state index is 0.167. The number of hydrogen-bond acceptors (Lipinski definition) is 3. The number of hydrogen-bond donors (Lipinski definition) is 1. The third-order valence-electron chi connectivity index (χ3n) is 4.21. The van der Waals surface area contributed by atoms with Crippen LogP contribution in [-0.4, -0.2) is 27.3 Å². The molecule has 1 N–H and O–H groups in total. The van der Waals surface area contributed by atoms with Crippen LogP contribution in [0.4, 0.5) is 0 Å². The van der Waals surface area contributed by atoms with E-state index in [1.54, 1.807) is 0 Å². The molecule has 0 atom stereocenters. The Kier molecular flexibility index (Phi) is 5.53. The summed E-state index contributed by atoms with van der Waals surface area (Å²) in [4.78, 5) is 0. The Morgan fingerprint density at radius 1 is 1.00 bits per heavy atom. The third-order valence-corrected chi connectivity index (χ3v) is 5.68. The number of fused-ring (bicyclic) bond motifs is 1. The maximum absolute atomic E-state index is 12.1. The van der Waals surface area contributed by atoms with Crippen LogP contribution < -0.4 is 9.46 Å². The van der Waals surface area contributed by atoms with Gasteiger partial charge in [0.1, 0.15) is 5.75 Å². The Morgan fingerprint density at radius 3 is 2.67 bits per heavy atom. The molecule has 128 valence electrons. The molecule has 0 saturated carbocycles. The zero-order valence-electron chi connectivity index (χ0n) is 13.7. The molecule has 2 aromatic rings. The van der Waals surface area contributed by atoms with Gasteiger partial charge in [-0.15, -0.1) is 0 Å². The highest BCUT2D eigenvalue weighted by atomic mass is 32.2. The van der Waals surface area contributed by atoms with E-state index in [-0.39, 0.29) is 5.75 Å². The van der Waals surface area contributed by atoms with Gasteiger partial charge in [0.2, 0.25) is 10.0 Å². The Morgan fingerprint density at radius 2 is 1.83 bits per heavy atom. The Labute approximate surface area is 143 Å². The van der Waals surface area contributed by atoms with E-state index >= 15 is 0 Å². The molecule has 0 saturated heterocycles. The molecule has 0 aliphatic carbocycles. The van der Waals surface area contributed by atoms with Crippen molar-refractivity contribution in [3.05, 3.63) is 65.2 Å². The topological polar surface area (TPSA) is 55.4 Å². The van der Waals surface area contributed by atoms with Crippen molar-refractivity contribution >= 4 is 10.0 Å². The summed E-state index contributed by atoms with van der Waals surface area (Å²) in [7, 11) is -3.21. The fraction of sp³-hybridized carbons (Fsp3) is 0.368. The molecule has 5 heteroatoms. The summed E-state index contributed by atoms with van der Waals surface area (Å²) < 4.78 is 32.3. The van der Waals surface area contributed by atoms with E-state index in [4.69, 9.17) is 4.74 Å². The van der Waals surface area contributed by atoms with Crippen molar-refractivity contribution in [2.24, 2.45) is 0 Å². The van der Waals surface area contributed by atoms with E-state index in [2.05, 4.69) is 10.8 Å². The minimum Gasteiger partial charge on any atom is -0.493 e. The zero-order valence-corrected chi connectivity index (χ0v) is 14.5. The van der Waals surface area contributed by atoms with Crippen LogP contribution in [0.5, 0.6) is 5.75 Å². The summed E-state index contributed by atoms with van der Waals surface area (Å²) in [5.41, 5.74) is 3.54. The van der Waals surface area contributed by atoms with Gasteiger partial charge in [-0.2, -0.15) is 0 Å². The molecule has 3 rings (SSSR count). The van der Waals surface area contributed by atoms with Crippen LogP contribution in [0.3, 0.4) is 0 Å². The van der Waals surface area contributed by atoms with E-state index in [0.717, 1.165) is 30.8 Å². The average Bonchev–Trinajstić information content (AvgIpc) is 3.03. The van der Waals surface area contributed by atoms with Crippen LogP contribution >= 0.6 is 0 Å². The van der Waals surface area contributed by atoms with Gasteiger partial charge in [0, 0.05) is 13.0 Å². The maximum Gasteiger partial charge on any atom is 0.211 e. The first kappa shape index (κ1) is 17.0. The van der Waals surface area contributed by atoms with Crippen molar-refractivity contribution in [1.29, 1.82) is 0 Å². The normalized spacial score (nSPS) is 13.5. The molecule has 2 aromatic carbocycles. The number of ether oxygens (including phenoxy) is 1. The Balaban J connectivity index is 1.42. The van der Waals surface area contributed by atoms with Gasteiger partial charge >= 0.3 is 0 Å². The van der Waals surface area contributed by atoms with Crippen molar-refractivity contribution < 1.29 is 13.2 Å². The minimum atomic E-state index is -3.21. The molecule has 24 heavy (non-hydrogen) atoms. The molecular formula is C19H23NO3S. The summed E-state index contributed by atoms with van der Waals surface area (Å²) in [5.74, 6) is 1.13. The second-order valence-electron chi connectivity index (χ2n) is 6.09. The van der Waals surface area contributed by atoms with E-state index in [1.807, 2.05) is 42.5 Å². The molecule has 1 aliphatic heterocycles. The van der Waals surface area contributed by atoms with Crippen molar-refractivity contribution in [2.45, 2.75) is 25.7 Å². The smallest absolute Gasteiger partial charge is 0.211 e. The lowest BCUT2D eigenvalue weighted by molar-refractivity contribution is 0.357. The van der Waals surface area contributed by atoms with E-state index < -0.39 is 10.0 Å². The average molecular weight is 345 g/mol. The fourth-order valence-electron chi connectivity index (χ4n) is 2.93. The van der Waals surface area contributed by atoms with E-state index in [0.29, 0.717) is 19.4 Å². The number of rotatable bonds is 8. The molecule has 0 aromatic heterocycles. The highest BCUT2D eigenvalue weighted by Crippen LogP contribution is 2.25. The van der Waals surface area contributed by atoms with Crippen LogP contribution in [0.2, 0.25) is 0 Å². The second-order valence-corrected chi connectivity index (χ2v) is 8.02. The fourth-order valence-corrected chi connectivity index (χ4v) is 4.01. The van der Waals surface area contributed by atoms with Gasteiger partial charge in [0.05, 0.1) is 12.4 Å². The SMILES string of the molecule is O=S(=O)(CCCc1ccccc1)NCCc1ccc2c(c1)CCO2. The molecular weight excluding hydrogens is 322 g/mol. The molecule has 0 radical (unpaired) electrons. The highest BCUT2D eigenvalue weighted by Gasteiger charge is 2.13. The monoisotopic (exact) mass is 345 g/mol. The van der Waals surface area contributed by atoms with Crippen LogP contribution in [0.15, 0.2) is 48.5 Å². The van der Waals surface area contributed by atoms with Crippen molar-refractivity contribution in [3.63, 3.8) is 0 Å². The van der Waals surface area contributed by atoms with Gasteiger partial charge in [0.25, 0.3) is 0 Å². The van der Waals surface area contributed by atoms with Gasteiger partial charge in [-0.3, -0.25) is 0 Å². The van der Waals surface area contributed by atoms with Crippen LogP contribution in [0.25, 0.3) is 0 Å². The first-order valence-electron chi connectivity index (χ1n) is 8.38. The molecule has 4 nitrogen and oxygen atoms in total. The van der Waals surface area contributed by atoms with Gasteiger partial charge in [-0.25, -0.2) is 13.1 Å². The molecule has 0 unspecified atom stereocenters. The quantitative estimate of drug-likeness (QED) is 0.800. The van der Waals surface area contributed by atoms with Crippen LogP contribution in [0, 0.1) is 0 Å². The lowest BCUT2D eigenvalue weighted by Crippen LogP contribution is -2.28. The predicted octanol–water partition coefficient (Wildman–Crippen LogP) is 2.72. The standard InChI is InChI=1S/C19H23NO3S/c21-24(22,14-4-7-16-5-2-1-3-6-16)20-12-10-17-8-9-19-18(15-17)11-13-23-19/h1-3,5-6,8-9,15,20H,4,7,10-14H2. The molecule has 0 fully saturated rings. The maximum atomic E-state index is 12.1. The number of sulfonamides is 1. The Bertz CT molecular complexity index is 772. The molecule has 1 aliphatic rings. The van der Waals surface area contributed by atoms with Gasteiger partial charge in [-0.1, -0.05) is 42.5 Å². The summed E-state index contributed by atoms with van der Waals surface area (Å²) in [6.07, 6.45) is 3.06. The highest BCUT2D eigenvalue weighted by molar-refractivity contribution is 7.89. The molecule has 0 amide bonds. The number of nitrogens with one attached hydrogen (secondary N) is 1. The molecule has 0 bridgehead atoms. The lowest BCUT2D eigenvalue weighted by atomic mass is 10.1. The second kappa shape index (κ2) is 7.81. The summed E-state index contributed by atoms with van der Waals surface area (Å²) in [6, 6.07) is 16.1. The summed E-state index contributed by atoms with van der Waals surface area (Å²) >= 11 is 0. The number of benzene rings is 2. The van der Waals surface area contributed by atoms with E-state index in [9.17, 15) is 8.42 Å². The first-order valence-corrected chi connectivity index (χ1v) is 10.0. The zero-order chi connectivity index (χ0) is 16.8. The van der Waals surface area contributed by atoms with E-state index in [1.165, 1.54) is 11.1 Å². The van der Waals surface area contributed by atoms with Crippen LogP contribution in [-0.2, 0) is 29.3 Å². The number of aryl methyl sites for hydroxylation is 1. The molecule has 1 heterocycles. The van der Waals surface area contributed by atoms with Crippen LogP contribution in [0.1, 0.15) is 23.1 Å². The van der Waals surface area contributed by atoms with Crippen molar-refractivity contribution in [1.82, 2.24) is 4.72 Å². The van der Waals surface area contributed by atoms with Crippen molar-refractivity contribution in [3.8, 4) is 5.75 Å². The predicted molar refractivity (Wildman–Crippen MR) is 95.9 cm³/mol.